The number of nitrogens with two attached hydrogens (primary N) is 1. The fourth-order valence-electron chi connectivity index (χ4n) is 3.35. The van der Waals surface area contributed by atoms with E-state index in [9.17, 15) is 5.11 Å². The molecular formula is C14H24BrN3O. The predicted octanol–water partition coefficient (Wildman–Crippen LogP) is 2.16. The van der Waals surface area contributed by atoms with E-state index in [-0.39, 0.29) is 16.9 Å². The minimum absolute atomic E-state index is 0.0561. The van der Waals surface area contributed by atoms with Gasteiger partial charge in [0.25, 0.3) is 0 Å². The average molecular weight is 330 g/mol. The molecule has 19 heavy (non-hydrogen) atoms. The molecule has 2 atom stereocenters. The van der Waals surface area contributed by atoms with Crippen LogP contribution in [0.1, 0.15) is 38.1 Å². The molecule has 3 N–H and O–H groups in total. The highest BCUT2D eigenvalue weighted by Gasteiger charge is 2.51. The van der Waals surface area contributed by atoms with Crippen LogP contribution < -0.4 is 5.73 Å². The van der Waals surface area contributed by atoms with Gasteiger partial charge in [-0.2, -0.15) is 5.10 Å². The third-order valence-corrected chi connectivity index (χ3v) is 5.81. The van der Waals surface area contributed by atoms with E-state index in [1.807, 2.05) is 18.7 Å². The summed E-state index contributed by atoms with van der Waals surface area (Å²) in [5.41, 5.74) is 7.85. The smallest absolute Gasteiger partial charge is 0.0738 e. The lowest BCUT2D eigenvalue weighted by molar-refractivity contribution is -0.00553. The van der Waals surface area contributed by atoms with Gasteiger partial charge in [0, 0.05) is 19.0 Å². The second-order valence-electron chi connectivity index (χ2n) is 6.60. The zero-order chi connectivity index (χ0) is 14.4. The number of rotatable bonds is 3. The first kappa shape index (κ1) is 15.0. The van der Waals surface area contributed by atoms with Gasteiger partial charge < -0.3 is 10.8 Å². The van der Waals surface area contributed by atoms with Crippen molar-refractivity contribution >= 4 is 15.9 Å². The largest absolute Gasteiger partial charge is 0.392 e. The van der Waals surface area contributed by atoms with Crippen molar-refractivity contribution in [2.45, 2.75) is 46.1 Å². The molecule has 4 nitrogen and oxygen atoms in total. The van der Waals surface area contributed by atoms with Crippen molar-refractivity contribution in [2.24, 2.45) is 23.6 Å². The summed E-state index contributed by atoms with van der Waals surface area (Å²) in [5.74, 6) is 0. The van der Waals surface area contributed by atoms with Crippen LogP contribution in [0.15, 0.2) is 4.47 Å². The molecule has 0 bridgehead atoms. The summed E-state index contributed by atoms with van der Waals surface area (Å²) in [6, 6.07) is 0. The Kier molecular flexibility index (Phi) is 3.84. The van der Waals surface area contributed by atoms with Gasteiger partial charge in [-0.1, -0.05) is 13.8 Å². The fraction of sp³-hybridized carbons (Fsp3) is 0.786. The first-order chi connectivity index (χ1) is 8.73. The highest BCUT2D eigenvalue weighted by molar-refractivity contribution is 9.10. The summed E-state index contributed by atoms with van der Waals surface area (Å²) < 4.78 is 2.94. The van der Waals surface area contributed by atoms with Gasteiger partial charge in [-0.3, -0.25) is 4.68 Å². The van der Waals surface area contributed by atoms with Crippen molar-refractivity contribution in [2.75, 3.05) is 6.54 Å². The molecule has 108 valence electrons. The lowest BCUT2D eigenvalue weighted by Crippen LogP contribution is -2.44. The molecule has 1 aliphatic rings. The standard InChI is InChI=1S/C14H24BrN3O/c1-9-11(15)10(18(4)17-9)7-14(8-16)6-5-13(2,3)12(14)19/h12,19H,5-8,16H2,1-4H3. The molecule has 0 spiro atoms. The minimum Gasteiger partial charge on any atom is -0.392 e. The number of aromatic nitrogens is 2. The molecule has 1 fully saturated rings. The Morgan fingerprint density at radius 2 is 2.11 bits per heavy atom. The van der Waals surface area contributed by atoms with E-state index in [1.165, 1.54) is 0 Å². The molecule has 2 rings (SSSR count). The van der Waals surface area contributed by atoms with Crippen LogP contribution >= 0.6 is 15.9 Å². The Bertz CT molecular complexity index is 483. The summed E-state index contributed by atoms with van der Waals surface area (Å²) in [6.45, 7) is 6.74. The Labute approximate surface area is 123 Å². The highest BCUT2D eigenvalue weighted by Crippen LogP contribution is 2.50. The van der Waals surface area contributed by atoms with Gasteiger partial charge in [0.1, 0.15) is 0 Å². The third kappa shape index (κ3) is 2.36. The van der Waals surface area contributed by atoms with Gasteiger partial charge in [0.05, 0.1) is 22.0 Å². The Balaban J connectivity index is 2.35. The number of nitrogens with zero attached hydrogens (tertiary/aromatic N) is 2. The first-order valence-electron chi connectivity index (χ1n) is 6.79. The monoisotopic (exact) mass is 329 g/mol. The second-order valence-corrected chi connectivity index (χ2v) is 7.40. The van der Waals surface area contributed by atoms with Gasteiger partial charge in [0.2, 0.25) is 0 Å². The number of aliphatic hydroxyl groups excluding tert-OH is 1. The van der Waals surface area contributed by atoms with Crippen LogP contribution in [-0.2, 0) is 13.5 Å². The van der Waals surface area contributed by atoms with Crippen LogP contribution in [0.2, 0.25) is 0 Å². The molecular weight excluding hydrogens is 306 g/mol. The molecule has 0 aromatic carbocycles. The van der Waals surface area contributed by atoms with Crippen LogP contribution in [0.25, 0.3) is 0 Å². The van der Waals surface area contributed by atoms with Gasteiger partial charge >= 0.3 is 0 Å². The number of aryl methyl sites for hydroxylation is 2. The van der Waals surface area contributed by atoms with Gasteiger partial charge in [-0.15, -0.1) is 0 Å². The first-order valence-corrected chi connectivity index (χ1v) is 7.59. The lowest BCUT2D eigenvalue weighted by Gasteiger charge is -2.36. The van der Waals surface area contributed by atoms with Crippen molar-refractivity contribution in [3.05, 3.63) is 15.9 Å². The van der Waals surface area contributed by atoms with E-state index in [1.54, 1.807) is 0 Å². The molecule has 1 aromatic rings. The van der Waals surface area contributed by atoms with Crippen LogP contribution in [0.5, 0.6) is 0 Å². The quantitative estimate of drug-likeness (QED) is 0.893. The van der Waals surface area contributed by atoms with Gasteiger partial charge in [-0.25, -0.2) is 0 Å². The number of hydrogen-bond acceptors (Lipinski definition) is 3. The SMILES string of the molecule is Cc1nn(C)c(CC2(CN)CCC(C)(C)C2O)c1Br. The van der Waals surface area contributed by atoms with Crippen molar-refractivity contribution in [3.63, 3.8) is 0 Å². The summed E-state index contributed by atoms with van der Waals surface area (Å²) in [7, 11) is 1.95. The molecule has 0 aliphatic heterocycles. The third-order valence-electron chi connectivity index (χ3n) is 4.78. The van der Waals surface area contributed by atoms with Crippen LogP contribution in [0, 0.1) is 17.8 Å². The number of aliphatic hydroxyl groups is 1. The van der Waals surface area contributed by atoms with Crippen LogP contribution in [-0.4, -0.2) is 27.5 Å². The van der Waals surface area contributed by atoms with Crippen LogP contribution in [0.3, 0.4) is 0 Å². The zero-order valence-corrected chi connectivity index (χ0v) is 13.8. The predicted molar refractivity (Wildman–Crippen MR) is 79.9 cm³/mol. The Hall–Kier alpha value is -0.390. The molecule has 1 aromatic heterocycles. The fourth-order valence-corrected chi connectivity index (χ4v) is 3.83. The normalized spacial score (nSPS) is 29.9. The molecule has 1 saturated carbocycles. The van der Waals surface area contributed by atoms with E-state index in [0.29, 0.717) is 6.54 Å². The maximum Gasteiger partial charge on any atom is 0.0738 e. The Morgan fingerprint density at radius 1 is 1.47 bits per heavy atom. The highest BCUT2D eigenvalue weighted by atomic mass is 79.9. The average Bonchev–Trinajstić information content (AvgIpc) is 2.72. The molecule has 2 unspecified atom stereocenters. The van der Waals surface area contributed by atoms with Crippen molar-refractivity contribution < 1.29 is 5.11 Å². The van der Waals surface area contributed by atoms with E-state index < -0.39 is 0 Å². The maximum atomic E-state index is 10.7. The maximum absolute atomic E-state index is 10.7. The number of hydrogen-bond donors (Lipinski definition) is 2. The van der Waals surface area contributed by atoms with Crippen molar-refractivity contribution in [1.82, 2.24) is 9.78 Å². The molecule has 5 heteroatoms. The molecule has 1 aliphatic carbocycles. The zero-order valence-electron chi connectivity index (χ0n) is 12.2. The lowest BCUT2D eigenvalue weighted by atomic mass is 9.75. The van der Waals surface area contributed by atoms with Gasteiger partial charge in [-0.05, 0) is 47.5 Å². The van der Waals surface area contributed by atoms with E-state index in [2.05, 4.69) is 34.9 Å². The molecule has 1 heterocycles. The van der Waals surface area contributed by atoms with Crippen molar-refractivity contribution in [3.8, 4) is 0 Å². The summed E-state index contributed by atoms with van der Waals surface area (Å²) >= 11 is 3.60. The molecule has 0 saturated heterocycles. The van der Waals surface area contributed by atoms with E-state index in [4.69, 9.17) is 5.73 Å². The number of halogens is 1. The van der Waals surface area contributed by atoms with Crippen molar-refractivity contribution in [1.29, 1.82) is 0 Å². The van der Waals surface area contributed by atoms with Crippen LogP contribution in [0.4, 0.5) is 0 Å². The topological polar surface area (TPSA) is 64.1 Å². The minimum atomic E-state index is -0.368. The molecule has 0 amide bonds. The Morgan fingerprint density at radius 3 is 2.47 bits per heavy atom. The summed E-state index contributed by atoms with van der Waals surface area (Å²) in [6.07, 6.45) is 2.38. The van der Waals surface area contributed by atoms with E-state index in [0.717, 1.165) is 35.1 Å². The summed E-state index contributed by atoms with van der Waals surface area (Å²) in [5, 5.41) is 15.1. The summed E-state index contributed by atoms with van der Waals surface area (Å²) in [4.78, 5) is 0. The second kappa shape index (κ2) is 4.86. The van der Waals surface area contributed by atoms with E-state index >= 15 is 0 Å². The van der Waals surface area contributed by atoms with Gasteiger partial charge in [0.15, 0.2) is 0 Å². The molecule has 0 radical (unpaired) electrons.